The fourth-order valence-corrected chi connectivity index (χ4v) is 2.27. The molecule has 1 amide bonds. The number of nitrogens with zero attached hydrogens (tertiary/aromatic N) is 3. The van der Waals surface area contributed by atoms with Crippen LogP contribution in [0, 0.1) is 0 Å². The monoisotopic (exact) mass is 418 g/mol. The van der Waals surface area contributed by atoms with E-state index in [2.05, 4.69) is 20.1 Å². The van der Waals surface area contributed by atoms with Gasteiger partial charge in [0.25, 0.3) is 5.92 Å². The molecule has 2 heterocycles. The molecule has 12 heteroatoms. The molecule has 2 rings (SSSR count). The van der Waals surface area contributed by atoms with E-state index >= 15 is 0 Å². The molecule has 0 aliphatic carbocycles. The molecule has 0 aliphatic heterocycles. The summed E-state index contributed by atoms with van der Waals surface area (Å²) >= 11 is 5.70. The van der Waals surface area contributed by atoms with Crippen molar-refractivity contribution in [2.24, 2.45) is 0 Å². The van der Waals surface area contributed by atoms with Crippen LogP contribution in [0.2, 0.25) is 5.02 Å². The van der Waals surface area contributed by atoms with E-state index in [0.717, 1.165) is 17.9 Å². The zero-order valence-electron chi connectivity index (χ0n) is 14.7. The number of carboxylic acids is 1. The minimum Gasteiger partial charge on any atom is -0.477 e. The zero-order valence-corrected chi connectivity index (χ0v) is 15.4. The molecule has 0 saturated heterocycles. The van der Waals surface area contributed by atoms with Gasteiger partial charge in [0.2, 0.25) is 5.91 Å². The number of carbonyl (C=O) groups excluding carboxylic acids is 1. The average molecular weight is 419 g/mol. The number of pyridine rings is 1. The van der Waals surface area contributed by atoms with Crippen LogP contribution < -0.4 is 5.32 Å². The molecular weight excluding hydrogens is 402 g/mol. The second-order valence-electron chi connectivity index (χ2n) is 5.68. The van der Waals surface area contributed by atoms with Gasteiger partial charge in [-0.2, -0.15) is 5.10 Å². The molecule has 9 nitrogen and oxygen atoms in total. The number of rotatable bonds is 10. The highest BCUT2D eigenvalue weighted by Gasteiger charge is 2.29. The highest BCUT2D eigenvalue weighted by molar-refractivity contribution is 6.30. The van der Waals surface area contributed by atoms with Crippen molar-refractivity contribution in [3.63, 3.8) is 0 Å². The number of methoxy groups -OCH3 is 1. The van der Waals surface area contributed by atoms with Crippen molar-refractivity contribution in [3.05, 3.63) is 40.8 Å². The van der Waals surface area contributed by atoms with Crippen LogP contribution in [0.3, 0.4) is 0 Å². The van der Waals surface area contributed by atoms with Crippen LogP contribution in [0.25, 0.3) is 0 Å². The van der Waals surface area contributed by atoms with Crippen LogP contribution in [-0.4, -0.2) is 58.0 Å². The van der Waals surface area contributed by atoms with Gasteiger partial charge < -0.3 is 19.9 Å². The van der Waals surface area contributed by atoms with Crippen molar-refractivity contribution in [1.29, 1.82) is 0 Å². The Morgan fingerprint density at radius 1 is 1.36 bits per heavy atom. The largest absolute Gasteiger partial charge is 0.477 e. The molecule has 0 unspecified atom stereocenters. The van der Waals surface area contributed by atoms with Gasteiger partial charge in [-0.3, -0.25) is 4.79 Å². The van der Waals surface area contributed by atoms with Gasteiger partial charge in [-0.15, -0.1) is 0 Å². The molecule has 0 spiro atoms. The molecule has 0 aromatic carbocycles. The van der Waals surface area contributed by atoms with Crippen LogP contribution in [-0.2, 0) is 27.4 Å². The number of nitrogens with one attached hydrogen (secondary N) is 1. The lowest BCUT2D eigenvalue weighted by atomic mass is 10.3. The van der Waals surface area contributed by atoms with Gasteiger partial charge in [0.15, 0.2) is 0 Å². The normalized spacial score (nSPS) is 11.4. The van der Waals surface area contributed by atoms with Gasteiger partial charge in [0.05, 0.1) is 17.3 Å². The van der Waals surface area contributed by atoms with E-state index in [4.69, 9.17) is 16.3 Å². The fraction of sp³-hybridized carbons (Fsp3) is 0.375. The molecule has 0 fully saturated rings. The summed E-state index contributed by atoms with van der Waals surface area (Å²) in [6.45, 7) is -2.50. The lowest BCUT2D eigenvalue weighted by Gasteiger charge is -2.14. The number of anilines is 1. The molecule has 0 radical (unpaired) electrons. The highest BCUT2D eigenvalue weighted by Crippen LogP contribution is 2.15. The number of hydrogen-bond acceptors (Lipinski definition) is 6. The van der Waals surface area contributed by atoms with Gasteiger partial charge >= 0.3 is 5.97 Å². The summed E-state index contributed by atoms with van der Waals surface area (Å²) in [5, 5.41) is 16.0. The van der Waals surface area contributed by atoms with E-state index < -0.39 is 37.6 Å². The minimum atomic E-state index is -3.18. The Bertz CT molecular complexity index is 829. The zero-order chi connectivity index (χ0) is 20.7. The van der Waals surface area contributed by atoms with Crippen molar-refractivity contribution >= 4 is 29.3 Å². The van der Waals surface area contributed by atoms with Gasteiger partial charge in [-0.1, -0.05) is 11.6 Å². The molecule has 0 aliphatic rings. The van der Waals surface area contributed by atoms with E-state index in [1.807, 2.05) is 0 Å². The first-order valence-electron chi connectivity index (χ1n) is 7.86. The minimum absolute atomic E-state index is 0.0861. The van der Waals surface area contributed by atoms with Crippen LogP contribution in [0.5, 0.6) is 0 Å². The fourth-order valence-electron chi connectivity index (χ4n) is 2.16. The number of carbonyl (C=O) groups is 2. The lowest BCUT2D eigenvalue weighted by molar-refractivity contribution is -0.119. The van der Waals surface area contributed by atoms with Gasteiger partial charge in [0.1, 0.15) is 31.3 Å². The van der Waals surface area contributed by atoms with Crippen LogP contribution in [0.15, 0.2) is 24.4 Å². The summed E-state index contributed by atoms with van der Waals surface area (Å²) in [7, 11) is 1.14. The molecule has 0 bridgehead atoms. The Kier molecular flexibility index (Phi) is 7.38. The smallest absolute Gasteiger partial charge is 0.354 e. The predicted molar refractivity (Wildman–Crippen MR) is 93.5 cm³/mol. The van der Waals surface area contributed by atoms with Gasteiger partial charge in [-0.05, 0) is 18.2 Å². The van der Waals surface area contributed by atoms with Gasteiger partial charge in [0, 0.05) is 13.3 Å². The van der Waals surface area contributed by atoms with Gasteiger partial charge in [-0.25, -0.2) is 23.2 Å². The number of hydrogen-bond donors (Lipinski definition) is 2. The maximum absolute atomic E-state index is 13.3. The lowest BCUT2D eigenvalue weighted by Crippen LogP contribution is -2.29. The van der Waals surface area contributed by atoms with Crippen molar-refractivity contribution in [1.82, 2.24) is 14.8 Å². The number of halogens is 3. The van der Waals surface area contributed by atoms with Crippen LogP contribution >= 0.6 is 11.6 Å². The SMILES string of the molecule is COCC(F)(F)COCc1cc(C(=O)O)n(CC(=O)Nc2ccc(Cl)cn2)n1. The van der Waals surface area contributed by atoms with Crippen molar-refractivity contribution in [2.75, 3.05) is 25.6 Å². The molecular formula is C16H17ClF2N4O5. The van der Waals surface area contributed by atoms with E-state index in [9.17, 15) is 23.5 Å². The molecule has 2 aromatic heterocycles. The molecule has 0 atom stereocenters. The number of alkyl halides is 2. The number of amides is 1. The maximum atomic E-state index is 13.3. The molecule has 152 valence electrons. The quantitative estimate of drug-likeness (QED) is 0.606. The Balaban J connectivity index is 2.00. The molecule has 2 aromatic rings. The third kappa shape index (κ3) is 6.51. The van der Waals surface area contributed by atoms with Crippen molar-refractivity contribution in [2.45, 2.75) is 19.1 Å². The predicted octanol–water partition coefficient (Wildman–Crippen LogP) is 2.07. The number of ether oxygens (including phenoxy) is 2. The van der Waals surface area contributed by atoms with E-state index in [1.54, 1.807) is 0 Å². The number of carboxylic acid groups (broad SMARTS) is 1. The third-order valence-corrected chi connectivity index (χ3v) is 3.48. The average Bonchev–Trinajstić information content (AvgIpc) is 2.99. The summed E-state index contributed by atoms with van der Waals surface area (Å²) < 4.78 is 36.8. The Labute approximate surface area is 163 Å². The first kappa shape index (κ1) is 21.7. The first-order chi connectivity index (χ1) is 13.2. The van der Waals surface area contributed by atoms with Crippen LogP contribution in [0.1, 0.15) is 16.2 Å². The van der Waals surface area contributed by atoms with E-state index in [-0.39, 0.29) is 23.8 Å². The molecule has 2 N–H and O–H groups in total. The second kappa shape index (κ2) is 9.53. The summed E-state index contributed by atoms with van der Waals surface area (Å²) in [5.41, 5.74) is -0.204. The Hall–Kier alpha value is -2.63. The summed E-state index contributed by atoms with van der Waals surface area (Å²) in [6, 6.07) is 4.14. The summed E-state index contributed by atoms with van der Waals surface area (Å²) in [6.07, 6.45) is 1.34. The maximum Gasteiger partial charge on any atom is 0.354 e. The second-order valence-corrected chi connectivity index (χ2v) is 6.11. The number of aromatic nitrogens is 3. The summed E-state index contributed by atoms with van der Waals surface area (Å²) in [5.74, 6) is -4.87. The third-order valence-electron chi connectivity index (χ3n) is 3.26. The summed E-state index contributed by atoms with van der Waals surface area (Å²) in [4.78, 5) is 27.3. The molecule has 0 saturated carbocycles. The van der Waals surface area contributed by atoms with Crippen LogP contribution in [0.4, 0.5) is 14.6 Å². The van der Waals surface area contributed by atoms with Crippen molar-refractivity contribution in [3.8, 4) is 0 Å². The highest BCUT2D eigenvalue weighted by atomic mass is 35.5. The van der Waals surface area contributed by atoms with Crippen molar-refractivity contribution < 1.29 is 33.0 Å². The topological polar surface area (TPSA) is 116 Å². The van der Waals surface area contributed by atoms with E-state index in [0.29, 0.717) is 5.02 Å². The standard InChI is InChI=1S/C16H17ClF2N4O5/c1-27-8-16(18,19)9-28-7-11-4-12(15(25)26)23(22-11)6-14(24)21-13-3-2-10(17)5-20-13/h2-5H,6-9H2,1H3,(H,25,26)(H,20,21,24). The molecule has 28 heavy (non-hydrogen) atoms. The Morgan fingerprint density at radius 3 is 2.71 bits per heavy atom. The van der Waals surface area contributed by atoms with E-state index in [1.165, 1.54) is 18.3 Å². The Morgan fingerprint density at radius 2 is 2.11 bits per heavy atom. The first-order valence-corrected chi connectivity index (χ1v) is 8.24. The number of aromatic carboxylic acids is 1.